The summed E-state index contributed by atoms with van der Waals surface area (Å²) in [6.45, 7) is 3.97. The highest BCUT2D eigenvalue weighted by atomic mass is 16.5. The average molecular weight is 349 g/mol. The Bertz CT molecular complexity index is 913. The molecule has 1 amide bonds. The molecule has 0 saturated carbocycles. The van der Waals surface area contributed by atoms with Crippen LogP contribution in [0.1, 0.15) is 38.9 Å². The molecule has 0 fully saturated rings. The van der Waals surface area contributed by atoms with Gasteiger partial charge in [-0.1, -0.05) is 24.3 Å². The number of imidazole rings is 1. The summed E-state index contributed by atoms with van der Waals surface area (Å²) in [6, 6.07) is 13.1. The number of benzene rings is 2. The molecule has 5 heteroatoms. The van der Waals surface area contributed by atoms with Crippen molar-refractivity contribution in [2.45, 2.75) is 19.9 Å². The molecule has 0 saturated heterocycles. The SMILES string of the molecule is COc1ccc(C(NC(=O)c2cccc(C)c2C)c2nccn2C)cc1. The molecular formula is C21H23N3O2. The summed E-state index contributed by atoms with van der Waals surface area (Å²) >= 11 is 0. The second-order valence-electron chi connectivity index (χ2n) is 6.32. The predicted molar refractivity (Wildman–Crippen MR) is 101 cm³/mol. The van der Waals surface area contributed by atoms with Gasteiger partial charge in [-0.05, 0) is 48.7 Å². The Morgan fingerprint density at radius 2 is 1.88 bits per heavy atom. The molecule has 0 aliphatic carbocycles. The van der Waals surface area contributed by atoms with E-state index in [1.165, 1.54) is 0 Å². The number of nitrogens with zero attached hydrogens (tertiary/aromatic N) is 2. The van der Waals surface area contributed by atoms with E-state index in [9.17, 15) is 4.79 Å². The van der Waals surface area contributed by atoms with Gasteiger partial charge in [-0.15, -0.1) is 0 Å². The van der Waals surface area contributed by atoms with Crippen molar-refractivity contribution in [2.24, 2.45) is 7.05 Å². The molecule has 1 heterocycles. The van der Waals surface area contributed by atoms with Crippen molar-refractivity contribution in [2.75, 3.05) is 7.11 Å². The number of nitrogens with one attached hydrogen (secondary N) is 1. The Hall–Kier alpha value is -3.08. The number of hydrogen-bond acceptors (Lipinski definition) is 3. The summed E-state index contributed by atoms with van der Waals surface area (Å²) < 4.78 is 7.15. The van der Waals surface area contributed by atoms with Gasteiger partial charge in [0.2, 0.25) is 0 Å². The van der Waals surface area contributed by atoms with Crippen molar-refractivity contribution in [1.82, 2.24) is 14.9 Å². The van der Waals surface area contributed by atoms with Crippen LogP contribution in [-0.4, -0.2) is 22.6 Å². The lowest BCUT2D eigenvalue weighted by molar-refractivity contribution is 0.0940. The number of aromatic nitrogens is 2. The highest BCUT2D eigenvalue weighted by Gasteiger charge is 2.22. The molecule has 1 aromatic heterocycles. The summed E-state index contributed by atoms with van der Waals surface area (Å²) in [6.07, 6.45) is 3.60. The Kier molecular flexibility index (Phi) is 5.07. The first kappa shape index (κ1) is 17.7. The quantitative estimate of drug-likeness (QED) is 0.766. The van der Waals surface area contributed by atoms with Gasteiger partial charge in [-0.3, -0.25) is 4.79 Å². The van der Waals surface area contributed by atoms with Crippen molar-refractivity contribution < 1.29 is 9.53 Å². The number of ether oxygens (including phenoxy) is 1. The van der Waals surface area contributed by atoms with Crippen molar-refractivity contribution in [3.05, 3.63) is 82.9 Å². The van der Waals surface area contributed by atoms with Crippen molar-refractivity contribution >= 4 is 5.91 Å². The average Bonchev–Trinajstić information content (AvgIpc) is 3.07. The molecule has 2 aromatic carbocycles. The summed E-state index contributed by atoms with van der Waals surface area (Å²) in [5.74, 6) is 1.43. The van der Waals surface area contributed by atoms with Crippen LogP contribution in [0.15, 0.2) is 54.9 Å². The molecule has 0 spiro atoms. The van der Waals surface area contributed by atoms with Gasteiger partial charge >= 0.3 is 0 Å². The van der Waals surface area contributed by atoms with Gasteiger partial charge in [-0.25, -0.2) is 4.98 Å². The molecular weight excluding hydrogens is 326 g/mol. The molecule has 0 bridgehead atoms. The van der Waals surface area contributed by atoms with Gasteiger partial charge in [0, 0.05) is 25.0 Å². The minimum Gasteiger partial charge on any atom is -0.497 e. The van der Waals surface area contributed by atoms with Crippen LogP contribution in [0, 0.1) is 13.8 Å². The molecule has 1 atom stereocenters. The lowest BCUT2D eigenvalue weighted by Gasteiger charge is -2.20. The lowest BCUT2D eigenvalue weighted by atomic mass is 10.0. The molecule has 0 radical (unpaired) electrons. The van der Waals surface area contributed by atoms with Crippen molar-refractivity contribution in [3.8, 4) is 5.75 Å². The number of carbonyl (C=O) groups excluding carboxylic acids is 1. The Morgan fingerprint density at radius 3 is 2.50 bits per heavy atom. The summed E-state index contributed by atoms with van der Waals surface area (Å²) in [5, 5.41) is 3.14. The van der Waals surface area contributed by atoms with Gasteiger partial charge in [-0.2, -0.15) is 0 Å². The molecule has 3 aromatic rings. The fraction of sp³-hybridized carbons (Fsp3) is 0.238. The van der Waals surface area contributed by atoms with Crippen LogP contribution in [0.4, 0.5) is 0 Å². The third kappa shape index (κ3) is 3.47. The van der Waals surface area contributed by atoms with E-state index in [0.717, 1.165) is 28.3 Å². The zero-order valence-corrected chi connectivity index (χ0v) is 15.5. The second-order valence-corrected chi connectivity index (χ2v) is 6.32. The van der Waals surface area contributed by atoms with Crippen LogP contribution in [-0.2, 0) is 7.05 Å². The van der Waals surface area contributed by atoms with Crippen LogP contribution < -0.4 is 10.1 Å². The topological polar surface area (TPSA) is 56.1 Å². The number of carbonyl (C=O) groups is 1. The molecule has 26 heavy (non-hydrogen) atoms. The number of aryl methyl sites for hydroxylation is 2. The van der Waals surface area contributed by atoms with Crippen LogP contribution >= 0.6 is 0 Å². The fourth-order valence-electron chi connectivity index (χ4n) is 2.95. The van der Waals surface area contributed by atoms with E-state index in [-0.39, 0.29) is 11.9 Å². The second kappa shape index (κ2) is 7.44. The summed E-state index contributed by atoms with van der Waals surface area (Å²) in [7, 11) is 3.55. The van der Waals surface area contributed by atoms with E-state index in [1.807, 2.05) is 74.1 Å². The fourth-order valence-corrected chi connectivity index (χ4v) is 2.95. The van der Waals surface area contributed by atoms with E-state index in [4.69, 9.17) is 4.74 Å². The third-order valence-corrected chi connectivity index (χ3v) is 4.69. The molecule has 5 nitrogen and oxygen atoms in total. The number of hydrogen-bond donors (Lipinski definition) is 1. The zero-order valence-electron chi connectivity index (χ0n) is 15.5. The van der Waals surface area contributed by atoms with Crippen LogP contribution in [0.2, 0.25) is 0 Å². The minimum atomic E-state index is -0.353. The van der Waals surface area contributed by atoms with Crippen LogP contribution in [0.3, 0.4) is 0 Å². The Morgan fingerprint density at radius 1 is 1.15 bits per heavy atom. The maximum Gasteiger partial charge on any atom is 0.252 e. The maximum absolute atomic E-state index is 13.0. The van der Waals surface area contributed by atoms with Gasteiger partial charge in [0.05, 0.1) is 7.11 Å². The van der Waals surface area contributed by atoms with Gasteiger partial charge in [0.15, 0.2) is 0 Å². The first-order valence-electron chi connectivity index (χ1n) is 8.49. The number of amides is 1. The van der Waals surface area contributed by atoms with Gasteiger partial charge in [0.1, 0.15) is 17.6 Å². The van der Waals surface area contributed by atoms with Gasteiger partial charge < -0.3 is 14.6 Å². The lowest BCUT2D eigenvalue weighted by Crippen LogP contribution is -2.31. The molecule has 1 N–H and O–H groups in total. The number of methoxy groups -OCH3 is 1. The smallest absolute Gasteiger partial charge is 0.252 e. The van der Waals surface area contributed by atoms with Gasteiger partial charge in [0.25, 0.3) is 5.91 Å². The Labute approximate surface area is 153 Å². The first-order valence-corrected chi connectivity index (χ1v) is 8.49. The van der Waals surface area contributed by atoms with E-state index < -0.39 is 0 Å². The molecule has 0 aliphatic heterocycles. The standard InChI is InChI=1S/C21H23N3O2/c1-14-6-5-7-18(15(14)2)21(25)23-19(20-22-12-13-24(20)3)16-8-10-17(26-4)11-9-16/h5-13,19H,1-4H3,(H,23,25). The zero-order chi connectivity index (χ0) is 18.7. The first-order chi connectivity index (χ1) is 12.5. The van der Waals surface area contributed by atoms with E-state index in [2.05, 4.69) is 10.3 Å². The molecule has 0 aliphatic rings. The summed E-state index contributed by atoms with van der Waals surface area (Å²) in [4.78, 5) is 17.4. The minimum absolute atomic E-state index is 0.116. The largest absolute Gasteiger partial charge is 0.497 e. The van der Waals surface area contributed by atoms with Crippen molar-refractivity contribution in [1.29, 1.82) is 0 Å². The van der Waals surface area contributed by atoms with E-state index in [0.29, 0.717) is 5.56 Å². The third-order valence-electron chi connectivity index (χ3n) is 4.69. The molecule has 1 unspecified atom stereocenters. The molecule has 3 rings (SSSR count). The van der Waals surface area contributed by atoms with E-state index in [1.54, 1.807) is 13.3 Å². The number of rotatable bonds is 5. The predicted octanol–water partition coefficient (Wildman–Crippen LogP) is 3.56. The molecule has 134 valence electrons. The van der Waals surface area contributed by atoms with E-state index >= 15 is 0 Å². The monoisotopic (exact) mass is 349 g/mol. The maximum atomic E-state index is 13.0. The highest BCUT2D eigenvalue weighted by Crippen LogP contribution is 2.24. The normalized spacial score (nSPS) is 11.8. The van der Waals surface area contributed by atoms with Crippen LogP contribution in [0.25, 0.3) is 0 Å². The summed E-state index contributed by atoms with van der Waals surface area (Å²) in [5.41, 5.74) is 3.70. The Balaban J connectivity index is 1.97. The van der Waals surface area contributed by atoms with Crippen LogP contribution in [0.5, 0.6) is 5.75 Å². The highest BCUT2D eigenvalue weighted by molar-refractivity contribution is 5.96. The van der Waals surface area contributed by atoms with Crippen molar-refractivity contribution in [3.63, 3.8) is 0 Å².